The number of esters is 1. The lowest BCUT2D eigenvalue weighted by Crippen LogP contribution is -2.29. The molecule has 0 unspecified atom stereocenters. The van der Waals surface area contributed by atoms with E-state index in [0.717, 1.165) is 55.2 Å². The Kier molecular flexibility index (Phi) is 6.49. The third kappa shape index (κ3) is 5.34. The SMILES string of the molecule is CCOC(=O)C=Cc1cncc(-c2cncc(N3CCCN(C)CC3)n2)c1. The second-order valence-corrected chi connectivity index (χ2v) is 6.50. The van der Waals surface area contributed by atoms with Gasteiger partial charge in [-0.1, -0.05) is 0 Å². The summed E-state index contributed by atoms with van der Waals surface area (Å²) in [5.74, 6) is 0.520. The van der Waals surface area contributed by atoms with E-state index in [4.69, 9.17) is 9.72 Å². The van der Waals surface area contributed by atoms with E-state index in [1.54, 1.807) is 31.6 Å². The van der Waals surface area contributed by atoms with Crippen LogP contribution in [0.25, 0.3) is 17.3 Å². The van der Waals surface area contributed by atoms with Gasteiger partial charge in [0.05, 0.1) is 24.7 Å². The molecule has 1 aliphatic heterocycles. The summed E-state index contributed by atoms with van der Waals surface area (Å²) in [6.45, 7) is 6.17. The first-order chi connectivity index (χ1) is 13.2. The molecule has 0 N–H and O–H groups in total. The number of carbonyl (C=O) groups excluding carboxylic acids is 1. The lowest BCUT2D eigenvalue weighted by atomic mass is 10.1. The van der Waals surface area contributed by atoms with Crippen LogP contribution in [0.3, 0.4) is 0 Å². The molecule has 1 aliphatic rings. The number of likely N-dealkylation sites (N-methyl/N-ethyl adjacent to an activating group) is 1. The van der Waals surface area contributed by atoms with Crippen LogP contribution in [0.4, 0.5) is 5.82 Å². The summed E-state index contributed by atoms with van der Waals surface area (Å²) >= 11 is 0. The van der Waals surface area contributed by atoms with Gasteiger partial charge in [-0.2, -0.15) is 0 Å². The molecule has 27 heavy (non-hydrogen) atoms. The van der Waals surface area contributed by atoms with Crippen molar-refractivity contribution in [2.75, 3.05) is 44.7 Å². The van der Waals surface area contributed by atoms with Crippen LogP contribution >= 0.6 is 0 Å². The Morgan fingerprint density at radius 1 is 1.15 bits per heavy atom. The second kappa shape index (κ2) is 9.23. The molecule has 0 amide bonds. The summed E-state index contributed by atoms with van der Waals surface area (Å²) < 4.78 is 4.90. The summed E-state index contributed by atoms with van der Waals surface area (Å²) in [7, 11) is 2.15. The number of carbonyl (C=O) groups is 1. The molecule has 0 radical (unpaired) electrons. The topological polar surface area (TPSA) is 71.5 Å². The Morgan fingerprint density at radius 2 is 2.00 bits per heavy atom. The lowest BCUT2D eigenvalue weighted by Gasteiger charge is -2.21. The zero-order chi connectivity index (χ0) is 19.1. The van der Waals surface area contributed by atoms with Crippen molar-refractivity contribution in [3.63, 3.8) is 0 Å². The molecule has 2 aromatic heterocycles. The fraction of sp³-hybridized carbons (Fsp3) is 0.400. The molecule has 3 heterocycles. The van der Waals surface area contributed by atoms with Gasteiger partial charge in [0.1, 0.15) is 5.82 Å². The minimum absolute atomic E-state index is 0.357. The van der Waals surface area contributed by atoms with Crippen LogP contribution < -0.4 is 4.90 Å². The molecule has 0 atom stereocenters. The number of hydrogen-bond donors (Lipinski definition) is 0. The third-order valence-electron chi connectivity index (χ3n) is 4.42. The lowest BCUT2D eigenvalue weighted by molar-refractivity contribution is -0.137. The minimum Gasteiger partial charge on any atom is -0.463 e. The van der Waals surface area contributed by atoms with Crippen molar-refractivity contribution in [3.8, 4) is 11.3 Å². The quantitative estimate of drug-likeness (QED) is 0.593. The smallest absolute Gasteiger partial charge is 0.330 e. The molecule has 1 fully saturated rings. The van der Waals surface area contributed by atoms with Crippen molar-refractivity contribution in [2.24, 2.45) is 0 Å². The largest absolute Gasteiger partial charge is 0.463 e. The predicted octanol–water partition coefficient (Wildman–Crippen LogP) is 2.26. The maximum Gasteiger partial charge on any atom is 0.330 e. The Balaban J connectivity index is 1.78. The second-order valence-electron chi connectivity index (χ2n) is 6.50. The van der Waals surface area contributed by atoms with E-state index in [0.29, 0.717) is 6.61 Å². The van der Waals surface area contributed by atoms with E-state index in [2.05, 4.69) is 26.8 Å². The molecule has 0 aromatic carbocycles. The fourth-order valence-electron chi connectivity index (χ4n) is 2.97. The van der Waals surface area contributed by atoms with Crippen molar-refractivity contribution in [2.45, 2.75) is 13.3 Å². The highest BCUT2D eigenvalue weighted by Gasteiger charge is 2.14. The maximum atomic E-state index is 11.5. The highest BCUT2D eigenvalue weighted by atomic mass is 16.5. The van der Waals surface area contributed by atoms with Crippen LogP contribution in [0.1, 0.15) is 18.9 Å². The summed E-state index contributed by atoms with van der Waals surface area (Å²) in [6.07, 6.45) is 11.2. The molecule has 2 aromatic rings. The first kappa shape index (κ1) is 19.0. The van der Waals surface area contributed by atoms with Gasteiger partial charge in [-0.15, -0.1) is 0 Å². The molecule has 7 heteroatoms. The summed E-state index contributed by atoms with van der Waals surface area (Å²) in [5.41, 5.74) is 2.44. The van der Waals surface area contributed by atoms with Crippen LogP contribution in [0.15, 0.2) is 36.9 Å². The Labute approximate surface area is 159 Å². The number of anilines is 1. The Morgan fingerprint density at radius 3 is 2.85 bits per heavy atom. The van der Waals surface area contributed by atoms with Gasteiger partial charge in [-0.3, -0.25) is 9.97 Å². The van der Waals surface area contributed by atoms with E-state index in [-0.39, 0.29) is 5.97 Å². The van der Waals surface area contributed by atoms with E-state index < -0.39 is 0 Å². The van der Waals surface area contributed by atoms with Crippen molar-refractivity contribution in [1.82, 2.24) is 19.9 Å². The van der Waals surface area contributed by atoms with Crippen LogP contribution in [-0.2, 0) is 9.53 Å². The van der Waals surface area contributed by atoms with Crippen LogP contribution in [0, 0.1) is 0 Å². The number of ether oxygens (including phenoxy) is 1. The van der Waals surface area contributed by atoms with E-state index in [1.807, 2.05) is 12.3 Å². The molecule has 0 saturated carbocycles. The minimum atomic E-state index is -0.365. The zero-order valence-electron chi connectivity index (χ0n) is 15.8. The standard InChI is InChI=1S/C20H25N5O2/c1-3-27-20(26)6-5-16-11-17(13-21-12-16)18-14-22-15-19(23-18)25-8-4-7-24(2)9-10-25/h5-6,11-15H,3-4,7-10H2,1-2H3. The Hall–Kier alpha value is -2.80. The molecule has 0 bridgehead atoms. The van der Waals surface area contributed by atoms with E-state index in [9.17, 15) is 4.79 Å². The summed E-state index contributed by atoms with van der Waals surface area (Å²) in [4.78, 5) is 29.5. The number of hydrogen-bond acceptors (Lipinski definition) is 7. The average molecular weight is 367 g/mol. The number of aromatic nitrogens is 3. The summed E-state index contributed by atoms with van der Waals surface area (Å²) in [5, 5.41) is 0. The van der Waals surface area contributed by atoms with Gasteiger partial charge in [0.25, 0.3) is 0 Å². The van der Waals surface area contributed by atoms with Crippen molar-refractivity contribution < 1.29 is 9.53 Å². The van der Waals surface area contributed by atoms with Gasteiger partial charge < -0.3 is 14.5 Å². The van der Waals surface area contributed by atoms with Gasteiger partial charge in [-0.25, -0.2) is 9.78 Å². The average Bonchev–Trinajstić information content (AvgIpc) is 2.91. The van der Waals surface area contributed by atoms with Crippen LogP contribution in [0.5, 0.6) is 0 Å². The van der Waals surface area contributed by atoms with E-state index >= 15 is 0 Å². The number of rotatable bonds is 5. The maximum absolute atomic E-state index is 11.5. The normalized spacial score (nSPS) is 15.7. The van der Waals surface area contributed by atoms with Crippen LogP contribution in [0.2, 0.25) is 0 Å². The fourth-order valence-corrected chi connectivity index (χ4v) is 2.97. The highest BCUT2D eigenvalue weighted by Crippen LogP contribution is 2.21. The first-order valence-corrected chi connectivity index (χ1v) is 9.21. The molecular formula is C20H25N5O2. The molecular weight excluding hydrogens is 342 g/mol. The van der Waals surface area contributed by atoms with Gasteiger partial charge in [0.15, 0.2) is 0 Å². The number of pyridine rings is 1. The molecule has 3 rings (SSSR count). The van der Waals surface area contributed by atoms with Gasteiger partial charge in [0, 0.05) is 43.7 Å². The highest BCUT2D eigenvalue weighted by molar-refractivity contribution is 5.87. The molecule has 0 spiro atoms. The Bertz CT molecular complexity index is 808. The predicted molar refractivity (Wildman–Crippen MR) is 105 cm³/mol. The molecule has 0 aliphatic carbocycles. The zero-order valence-corrected chi connectivity index (χ0v) is 15.8. The van der Waals surface area contributed by atoms with Crippen molar-refractivity contribution in [3.05, 3.63) is 42.5 Å². The monoisotopic (exact) mass is 367 g/mol. The molecule has 7 nitrogen and oxygen atoms in total. The first-order valence-electron chi connectivity index (χ1n) is 9.21. The number of nitrogens with zero attached hydrogens (tertiary/aromatic N) is 5. The van der Waals surface area contributed by atoms with Gasteiger partial charge in [0.2, 0.25) is 0 Å². The summed E-state index contributed by atoms with van der Waals surface area (Å²) in [6, 6.07) is 1.94. The molecule has 1 saturated heterocycles. The van der Waals surface area contributed by atoms with Crippen molar-refractivity contribution in [1.29, 1.82) is 0 Å². The van der Waals surface area contributed by atoms with Gasteiger partial charge >= 0.3 is 5.97 Å². The molecule has 142 valence electrons. The third-order valence-corrected chi connectivity index (χ3v) is 4.42. The van der Waals surface area contributed by atoms with Crippen molar-refractivity contribution >= 4 is 17.9 Å². The van der Waals surface area contributed by atoms with Crippen LogP contribution in [-0.4, -0.2) is 65.7 Å². The van der Waals surface area contributed by atoms with Gasteiger partial charge in [-0.05, 0) is 44.6 Å². The van der Waals surface area contributed by atoms with E-state index in [1.165, 1.54) is 6.08 Å².